The van der Waals surface area contributed by atoms with Gasteiger partial charge in [0.1, 0.15) is 0 Å². The van der Waals surface area contributed by atoms with Gasteiger partial charge in [0.2, 0.25) is 11.8 Å². The molecule has 0 unspecified atom stereocenters. The maximum absolute atomic E-state index is 11.8. The van der Waals surface area contributed by atoms with E-state index < -0.39 is 0 Å². The highest BCUT2D eigenvalue weighted by Crippen LogP contribution is 2.22. The van der Waals surface area contributed by atoms with Crippen LogP contribution in [0.1, 0.15) is 17.5 Å². The molecule has 0 aromatic heterocycles. The van der Waals surface area contributed by atoms with Gasteiger partial charge in [-0.2, -0.15) is 0 Å². The number of benzene rings is 2. The largest absolute Gasteiger partial charge is 0.352 e. The number of rotatable bonds is 8. The van der Waals surface area contributed by atoms with Crippen molar-refractivity contribution in [2.24, 2.45) is 0 Å². The van der Waals surface area contributed by atoms with Crippen molar-refractivity contribution in [3.8, 4) is 0 Å². The average molecular weight is 472 g/mol. The van der Waals surface area contributed by atoms with Crippen LogP contribution in [-0.4, -0.2) is 24.9 Å². The fourth-order valence-corrected chi connectivity index (χ4v) is 3.18. The molecule has 2 aromatic rings. The Hall–Kier alpha value is -1.98. The quantitative estimate of drug-likeness (QED) is 0.386. The van der Waals surface area contributed by atoms with Crippen LogP contribution < -0.4 is 10.6 Å². The summed E-state index contributed by atoms with van der Waals surface area (Å²) in [5, 5.41) is 7.47. The summed E-state index contributed by atoms with van der Waals surface area (Å²) < 4.78 is 0. The Balaban J connectivity index is 1.67. The zero-order chi connectivity index (χ0) is 21.2. The summed E-state index contributed by atoms with van der Waals surface area (Å²) in [7, 11) is 0. The predicted octanol–water partition coefficient (Wildman–Crippen LogP) is 5.65. The van der Waals surface area contributed by atoms with Crippen molar-refractivity contribution in [1.82, 2.24) is 10.6 Å². The fourth-order valence-electron chi connectivity index (χ4n) is 2.23. The minimum Gasteiger partial charge on any atom is -0.352 e. The molecular formula is C21H18Cl4N2O2. The molecule has 0 heterocycles. The third kappa shape index (κ3) is 8.50. The van der Waals surface area contributed by atoms with Crippen molar-refractivity contribution in [2.75, 3.05) is 13.1 Å². The second-order valence-corrected chi connectivity index (χ2v) is 7.62. The number of halogens is 4. The van der Waals surface area contributed by atoms with Gasteiger partial charge in [-0.05, 0) is 54.0 Å². The van der Waals surface area contributed by atoms with Crippen molar-refractivity contribution >= 4 is 70.4 Å². The summed E-state index contributed by atoms with van der Waals surface area (Å²) in [6.07, 6.45) is 6.60. The van der Waals surface area contributed by atoms with E-state index in [1.165, 1.54) is 12.2 Å². The van der Waals surface area contributed by atoms with Crippen molar-refractivity contribution in [1.29, 1.82) is 0 Å². The predicted molar refractivity (Wildman–Crippen MR) is 122 cm³/mol. The Morgan fingerprint density at radius 2 is 1.14 bits per heavy atom. The number of carbonyl (C=O) groups is 2. The van der Waals surface area contributed by atoms with E-state index in [4.69, 9.17) is 46.4 Å². The van der Waals surface area contributed by atoms with E-state index in [0.717, 1.165) is 0 Å². The second-order valence-electron chi connectivity index (χ2n) is 5.93. The Labute approximate surface area is 189 Å². The van der Waals surface area contributed by atoms with Crippen LogP contribution in [-0.2, 0) is 9.59 Å². The molecular weight excluding hydrogens is 454 g/mol. The SMILES string of the molecule is O=C(/C=C/c1ccc(Cl)cc1Cl)NCCCNC(=O)/C=C/c1ccc(Cl)cc1Cl. The Kier molecular flexibility index (Phi) is 9.55. The molecule has 0 aliphatic rings. The molecule has 2 rings (SSSR count). The Morgan fingerprint density at radius 3 is 1.52 bits per heavy atom. The molecule has 0 saturated heterocycles. The third-order valence-corrected chi connectivity index (χ3v) is 4.83. The highest BCUT2D eigenvalue weighted by Gasteiger charge is 2.01. The van der Waals surface area contributed by atoms with Gasteiger partial charge in [-0.25, -0.2) is 0 Å². The lowest BCUT2D eigenvalue weighted by atomic mass is 10.2. The van der Waals surface area contributed by atoms with Crippen LogP contribution in [0.25, 0.3) is 12.2 Å². The first-order valence-electron chi connectivity index (χ1n) is 8.67. The minimum atomic E-state index is -0.250. The summed E-state index contributed by atoms with van der Waals surface area (Å²) >= 11 is 23.7. The van der Waals surface area contributed by atoms with E-state index >= 15 is 0 Å². The summed E-state index contributed by atoms with van der Waals surface area (Å²) in [5.41, 5.74) is 1.40. The van der Waals surface area contributed by atoms with Crippen LogP contribution in [0.3, 0.4) is 0 Å². The van der Waals surface area contributed by atoms with Gasteiger partial charge in [-0.15, -0.1) is 0 Å². The normalized spacial score (nSPS) is 11.2. The van der Waals surface area contributed by atoms with Crippen LogP contribution in [0.2, 0.25) is 20.1 Å². The molecule has 0 fully saturated rings. The number of hydrogen-bond donors (Lipinski definition) is 2. The average Bonchev–Trinajstić information content (AvgIpc) is 2.66. The molecule has 2 aromatic carbocycles. The van der Waals surface area contributed by atoms with E-state index in [9.17, 15) is 9.59 Å². The molecule has 152 valence electrons. The van der Waals surface area contributed by atoms with Gasteiger partial charge in [0.15, 0.2) is 0 Å². The first kappa shape index (κ1) is 23.3. The lowest BCUT2D eigenvalue weighted by Gasteiger charge is -2.04. The van der Waals surface area contributed by atoms with Gasteiger partial charge in [-0.3, -0.25) is 9.59 Å². The van der Waals surface area contributed by atoms with Gasteiger partial charge in [0.05, 0.1) is 0 Å². The molecule has 0 aliphatic carbocycles. The van der Waals surface area contributed by atoms with Gasteiger partial charge in [-0.1, -0.05) is 58.5 Å². The van der Waals surface area contributed by atoms with E-state index in [1.807, 2.05) is 0 Å². The zero-order valence-corrected chi connectivity index (χ0v) is 18.2. The standard InChI is InChI=1S/C21H18Cl4N2O2/c22-16-6-2-14(18(24)12-16)4-8-20(28)26-10-1-11-27-21(29)9-5-15-3-7-17(23)13-19(15)25/h2-9,12-13H,1,10-11H2,(H,26,28)(H,27,29)/b8-4+,9-5+. The molecule has 29 heavy (non-hydrogen) atoms. The van der Waals surface area contributed by atoms with Gasteiger partial charge in [0, 0.05) is 45.3 Å². The van der Waals surface area contributed by atoms with Crippen molar-refractivity contribution in [3.63, 3.8) is 0 Å². The first-order valence-corrected chi connectivity index (χ1v) is 10.2. The van der Waals surface area contributed by atoms with Crippen LogP contribution >= 0.6 is 46.4 Å². The van der Waals surface area contributed by atoms with Crippen LogP contribution in [0, 0.1) is 0 Å². The van der Waals surface area contributed by atoms with E-state index in [-0.39, 0.29) is 11.8 Å². The zero-order valence-electron chi connectivity index (χ0n) is 15.2. The monoisotopic (exact) mass is 470 g/mol. The lowest BCUT2D eigenvalue weighted by molar-refractivity contribution is -0.116. The molecule has 8 heteroatoms. The maximum Gasteiger partial charge on any atom is 0.244 e. The molecule has 0 radical (unpaired) electrons. The van der Waals surface area contributed by atoms with E-state index in [0.29, 0.717) is 50.7 Å². The van der Waals surface area contributed by atoms with Crippen molar-refractivity contribution < 1.29 is 9.59 Å². The molecule has 0 saturated carbocycles. The van der Waals surface area contributed by atoms with Crippen molar-refractivity contribution in [3.05, 3.63) is 79.8 Å². The van der Waals surface area contributed by atoms with Crippen LogP contribution in [0.4, 0.5) is 0 Å². The molecule has 4 nitrogen and oxygen atoms in total. The fraction of sp³-hybridized carbons (Fsp3) is 0.143. The third-order valence-electron chi connectivity index (χ3n) is 3.71. The van der Waals surface area contributed by atoms with Gasteiger partial charge < -0.3 is 10.6 Å². The Morgan fingerprint density at radius 1 is 0.724 bits per heavy atom. The highest BCUT2D eigenvalue weighted by atomic mass is 35.5. The minimum absolute atomic E-state index is 0.250. The Bertz CT molecular complexity index is 867. The van der Waals surface area contributed by atoms with Crippen LogP contribution in [0.15, 0.2) is 48.6 Å². The van der Waals surface area contributed by atoms with E-state index in [1.54, 1.807) is 48.6 Å². The smallest absolute Gasteiger partial charge is 0.244 e. The van der Waals surface area contributed by atoms with Crippen LogP contribution in [0.5, 0.6) is 0 Å². The molecule has 0 aliphatic heterocycles. The first-order chi connectivity index (χ1) is 13.8. The molecule has 0 spiro atoms. The number of amides is 2. The summed E-state index contributed by atoms with van der Waals surface area (Å²) in [6, 6.07) is 10.1. The highest BCUT2D eigenvalue weighted by molar-refractivity contribution is 6.36. The second kappa shape index (κ2) is 11.9. The van der Waals surface area contributed by atoms with Gasteiger partial charge in [0.25, 0.3) is 0 Å². The molecule has 2 N–H and O–H groups in total. The summed E-state index contributed by atoms with van der Waals surface area (Å²) in [4.78, 5) is 23.6. The molecule has 0 bridgehead atoms. The summed E-state index contributed by atoms with van der Waals surface area (Å²) in [5.74, 6) is -0.501. The molecule has 0 atom stereocenters. The number of nitrogens with one attached hydrogen (secondary N) is 2. The molecule has 2 amide bonds. The lowest BCUT2D eigenvalue weighted by Crippen LogP contribution is -2.28. The number of carbonyl (C=O) groups excluding carboxylic acids is 2. The van der Waals surface area contributed by atoms with E-state index in [2.05, 4.69) is 10.6 Å². The summed E-state index contributed by atoms with van der Waals surface area (Å²) in [6.45, 7) is 0.842. The number of hydrogen-bond acceptors (Lipinski definition) is 2. The van der Waals surface area contributed by atoms with Gasteiger partial charge >= 0.3 is 0 Å². The van der Waals surface area contributed by atoms with Crippen molar-refractivity contribution in [2.45, 2.75) is 6.42 Å². The topological polar surface area (TPSA) is 58.2 Å². The maximum atomic E-state index is 11.8.